The smallest absolute Gasteiger partial charge is 0.221 e. The zero-order valence-electron chi connectivity index (χ0n) is 12.8. The number of carbonyl (C=O) groups excluding carboxylic acids is 1. The molecule has 2 N–H and O–H groups in total. The Bertz CT molecular complexity index is 483. The van der Waals surface area contributed by atoms with Crippen LogP contribution in [0.25, 0.3) is 0 Å². The number of likely N-dealkylation sites (tertiary alicyclic amines) is 1. The van der Waals surface area contributed by atoms with Crippen LogP contribution in [0.5, 0.6) is 0 Å². The fraction of sp³-hybridized carbons (Fsp3) is 0.882. The third kappa shape index (κ3) is 1.80. The van der Waals surface area contributed by atoms with E-state index >= 15 is 0 Å². The molecule has 21 heavy (non-hydrogen) atoms. The molecule has 4 aliphatic carbocycles. The Morgan fingerprint density at radius 1 is 1.19 bits per heavy atom. The van der Waals surface area contributed by atoms with Crippen LogP contribution in [0.3, 0.4) is 0 Å². The number of hydrogen-bond donors (Lipinski definition) is 1. The number of hydrogen-bond acceptors (Lipinski definition) is 3. The highest BCUT2D eigenvalue weighted by Crippen LogP contribution is 2.60. The molecule has 4 saturated carbocycles. The SMILES string of the molecule is CC(=O)N1CCC(C2C3CC4CC(C3)CC2C4)C1(N)C#N. The number of nitrogens with two attached hydrogens (primary N) is 1. The second-order valence-electron chi connectivity index (χ2n) is 8.01. The molecule has 4 nitrogen and oxygen atoms in total. The molecule has 4 heteroatoms. The number of rotatable bonds is 1. The number of amides is 1. The largest absolute Gasteiger partial charge is 0.312 e. The van der Waals surface area contributed by atoms with Crippen LogP contribution in [-0.2, 0) is 4.79 Å². The van der Waals surface area contributed by atoms with E-state index in [0.29, 0.717) is 12.5 Å². The molecule has 4 bridgehead atoms. The summed E-state index contributed by atoms with van der Waals surface area (Å²) in [6, 6.07) is 2.31. The highest BCUT2D eigenvalue weighted by Gasteiger charge is 2.58. The maximum Gasteiger partial charge on any atom is 0.221 e. The summed E-state index contributed by atoms with van der Waals surface area (Å²) in [6.07, 6.45) is 7.73. The monoisotopic (exact) mass is 287 g/mol. The predicted octanol–water partition coefficient (Wildman–Crippen LogP) is 2.11. The van der Waals surface area contributed by atoms with Crippen molar-refractivity contribution in [2.75, 3.05) is 6.54 Å². The topological polar surface area (TPSA) is 70.1 Å². The van der Waals surface area contributed by atoms with Crippen molar-refractivity contribution in [1.82, 2.24) is 4.90 Å². The quantitative estimate of drug-likeness (QED) is 0.803. The van der Waals surface area contributed by atoms with Crippen molar-refractivity contribution >= 4 is 5.91 Å². The fourth-order valence-electron chi connectivity index (χ4n) is 6.54. The highest BCUT2D eigenvalue weighted by molar-refractivity contribution is 5.75. The lowest BCUT2D eigenvalue weighted by Crippen LogP contribution is -2.60. The van der Waals surface area contributed by atoms with Gasteiger partial charge in [0.25, 0.3) is 0 Å². The Balaban J connectivity index is 1.65. The summed E-state index contributed by atoms with van der Waals surface area (Å²) in [5, 5.41) is 9.70. The molecule has 1 saturated heterocycles. The summed E-state index contributed by atoms with van der Waals surface area (Å²) in [6.45, 7) is 2.20. The van der Waals surface area contributed by atoms with Gasteiger partial charge >= 0.3 is 0 Å². The summed E-state index contributed by atoms with van der Waals surface area (Å²) >= 11 is 0. The Labute approximate surface area is 126 Å². The van der Waals surface area contributed by atoms with Crippen molar-refractivity contribution in [3.63, 3.8) is 0 Å². The van der Waals surface area contributed by atoms with Crippen LogP contribution in [0.2, 0.25) is 0 Å². The van der Waals surface area contributed by atoms with Crippen LogP contribution in [-0.4, -0.2) is 23.0 Å². The number of carbonyl (C=O) groups is 1. The lowest BCUT2D eigenvalue weighted by atomic mass is 9.48. The van der Waals surface area contributed by atoms with Crippen LogP contribution in [0.4, 0.5) is 0 Å². The molecule has 2 unspecified atom stereocenters. The lowest BCUT2D eigenvalue weighted by Gasteiger charge is -2.57. The zero-order chi connectivity index (χ0) is 14.8. The first-order chi connectivity index (χ1) is 10.0. The second kappa shape index (κ2) is 4.46. The van der Waals surface area contributed by atoms with Crippen molar-refractivity contribution in [3.8, 4) is 6.07 Å². The van der Waals surface area contributed by atoms with E-state index in [4.69, 9.17) is 5.73 Å². The van der Waals surface area contributed by atoms with E-state index in [-0.39, 0.29) is 11.8 Å². The predicted molar refractivity (Wildman–Crippen MR) is 78.6 cm³/mol. The van der Waals surface area contributed by atoms with Gasteiger partial charge in [-0.05, 0) is 68.1 Å². The van der Waals surface area contributed by atoms with E-state index in [0.717, 1.165) is 30.1 Å². The Hall–Kier alpha value is -1.08. The van der Waals surface area contributed by atoms with E-state index in [1.807, 2.05) is 0 Å². The Morgan fingerprint density at radius 2 is 1.76 bits per heavy atom. The van der Waals surface area contributed by atoms with Crippen molar-refractivity contribution < 1.29 is 4.79 Å². The van der Waals surface area contributed by atoms with Gasteiger partial charge in [0, 0.05) is 19.4 Å². The van der Waals surface area contributed by atoms with Gasteiger partial charge in [0.15, 0.2) is 5.66 Å². The standard InChI is InChI=1S/C17H25N3O/c1-10(21)20-3-2-15(17(20,19)9-18)16-13-5-11-4-12(7-13)8-14(16)6-11/h11-16H,2-8,19H2,1H3. The van der Waals surface area contributed by atoms with Crippen LogP contribution >= 0.6 is 0 Å². The highest BCUT2D eigenvalue weighted by atomic mass is 16.2. The average Bonchev–Trinajstić information content (AvgIpc) is 2.76. The van der Waals surface area contributed by atoms with Gasteiger partial charge in [-0.1, -0.05) is 0 Å². The minimum Gasteiger partial charge on any atom is -0.312 e. The van der Waals surface area contributed by atoms with Crippen LogP contribution in [0.1, 0.15) is 45.4 Å². The minimum absolute atomic E-state index is 0.0506. The Morgan fingerprint density at radius 3 is 2.24 bits per heavy atom. The lowest BCUT2D eigenvalue weighted by molar-refractivity contribution is -0.133. The molecule has 0 aromatic rings. The molecule has 5 aliphatic rings. The van der Waals surface area contributed by atoms with Gasteiger partial charge in [0.2, 0.25) is 5.91 Å². The van der Waals surface area contributed by atoms with Crippen LogP contribution < -0.4 is 5.73 Å². The van der Waals surface area contributed by atoms with Crippen molar-refractivity contribution in [3.05, 3.63) is 0 Å². The molecule has 1 amide bonds. The molecule has 1 heterocycles. The summed E-state index contributed by atoms with van der Waals surface area (Å²) in [7, 11) is 0. The Kier molecular flexibility index (Phi) is 2.88. The summed E-state index contributed by atoms with van der Waals surface area (Å²) in [5.74, 6) is 4.09. The van der Waals surface area contributed by atoms with Crippen LogP contribution in [0.15, 0.2) is 0 Å². The van der Waals surface area contributed by atoms with Gasteiger partial charge in [0.1, 0.15) is 6.07 Å². The molecule has 5 fully saturated rings. The molecule has 114 valence electrons. The molecule has 0 spiro atoms. The van der Waals surface area contributed by atoms with E-state index in [1.165, 1.54) is 39.0 Å². The normalized spacial score (nSPS) is 51.2. The summed E-state index contributed by atoms with van der Waals surface area (Å²) < 4.78 is 0. The van der Waals surface area contributed by atoms with Gasteiger partial charge in [-0.25, -0.2) is 0 Å². The molecule has 5 rings (SSSR count). The molecule has 0 aromatic carbocycles. The second-order valence-corrected chi connectivity index (χ2v) is 8.01. The fourth-order valence-corrected chi connectivity index (χ4v) is 6.54. The molecule has 0 aromatic heterocycles. The summed E-state index contributed by atoms with van der Waals surface area (Å²) in [4.78, 5) is 13.5. The third-order valence-corrected chi connectivity index (χ3v) is 7.00. The maximum absolute atomic E-state index is 11.8. The first-order valence-electron chi connectivity index (χ1n) is 8.51. The van der Waals surface area contributed by atoms with E-state index in [1.54, 1.807) is 4.90 Å². The van der Waals surface area contributed by atoms with Gasteiger partial charge in [-0.3, -0.25) is 10.5 Å². The van der Waals surface area contributed by atoms with E-state index in [2.05, 4.69) is 6.07 Å². The average molecular weight is 287 g/mol. The number of nitriles is 1. The minimum atomic E-state index is -1.06. The van der Waals surface area contributed by atoms with Crippen molar-refractivity contribution in [2.45, 2.75) is 51.1 Å². The first kappa shape index (κ1) is 13.6. The maximum atomic E-state index is 11.8. The van der Waals surface area contributed by atoms with E-state index < -0.39 is 5.66 Å². The van der Waals surface area contributed by atoms with Crippen molar-refractivity contribution in [1.29, 1.82) is 5.26 Å². The zero-order valence-corrected chi connectivity index (χ0v) is 12.8. The molecular weight excluding hydrogens is 262 g/mol. The van der Waals surface area contributed by atoms with Gasteiger partial charge in [0.05, 0.1) is 0 Å². The van der Waals surface area contributed by atoms with Gasteiger partial charge in [-0.15, -0.1) is 0 Å². The first-order valence-corrected chi connectivity index (χ1v) is 8.51. The van der Waals surface area contributed by atoms with E-state index in [9.17, 15) is 10.1 Å². The molecule has 1 aliphatic heterocycles. The molecular formula is C17H25N3O. The number of nitrogens with zero attached hydrogens (tertiary/aromatic N) is 2. The molecule has 2 atom stereocenters. The van der Waals surface area contributed by atoms with Gasteiger partial charge in [-0.2, -0.15) is 5.26 Å². The third-order valence-electron chi connectivity index (χ3n) is 7.00. The molecule has 0 radical (unpaired) electrons. The summed E-state index contributed by atoms with van der Waals surface area (Å²) in [5.41, 5.74) is 5.41. The van der Waals surface area contributed by atoms with Crippen LogP contribution in [0, 0.1) is 46.8 Å². The van der Waals surface area contributed by atoms with Gasteiger partial charge < -0.3 is 4.90 Å². The van der Waals surface area contributed by atoms with Crippen molar-refractivity contribution in [2.24, 2.45) is 41.2 Å².